The second-order valence-corrected chi connectivity index (χ2v) is 5.76. The highest BCUT2D eigenvalue weighted by atomic mass is 14.9. The van der Waals surface area contributed by atoms with Crippen molar-refractivity contribution >= 4 is 10.8 Å². The average molecular weight is 268 g/mol. The lowest BCUT2D eigenvalue weighted by atomic mass is 10.1. The fourth-order valence-corrected chi connectivity index (χ4v) is 3.03. The highest BCUT2D eigenvalue weighted by molar-refractivity contribution is 5.82. The van der Waals surface area contributed by atoms with Crippen molar-refractivity contribution in [3.05, 3.63) is 48.0 Å². The van der Waals surface area contributed by atoms with Crippen molar-refractivity contribution in [1.82, 2.24) is 10.6 Å². The molecule has 2 heteroatoms. The summed E-state index contributed by atoms with van der Waals surface area (Å²) in [4.78, 5) is 0. The highest BCUT2D eigenvalue weighted by Crippen LogP contribution is 2.15. The Morgan fingerprint density at radius 1 is 1.05 bits per heavy atom. The van der Waals surface area contributed by atoms with E-state index in [2.05, 4.69) is 53.1 Å². The molecule has 0 amide bonds. The van der Waals surface area contributed by atoms with Crippen LogP contribution in [0.1, 0.15) is 24.8 Å². The van der Waals surface area contributed by atoms with Gasteiger partial charge in [0.15, 0.2) is 0 Å². The minimum Gasteiger partial charge on any atom is -0.316 e. The number of fused-ring (bicyclic) bond motifs is 1. The largest absolute Gasteiger partial charge is 0.316 e. The van der Waals surface area contributed by atoms with Crippen LogP contribution in [0.5, 0.6) is 0 Å². The molecule has 0 spiro atoms. The molecule has 2 nitrogen and oxygen atoms in total. The second-order valence-electron chi connectivity index (χ2n) is 5.76. The van der Waals surface area contributed by atoms with Gasteiger partial charge in [-0.05, 0) is 61.7 Å². The van der Waals surface area contributed by atoms with Crippen LogP contribution in [-0.2, 0) is 6.42 Å². The van der Waals surface area contributed by atoms with Crippen LogP contribution in [0.4, 0.5) is 0 Å². The minimum atomic E-state index is 0.753. The fourth-order valence-electron chi connectivity index (χ4n) is 3.03. The molecule has 1 saturated heterocycles. The van der Waals surface area contributed by atoms with E-state index in [0.29, 0.717) is 0 Å². The van der Waals surface area contributed by atoms with Gasteiger partial charge in [0.05, 0.1) is 0 Å². The molecule has 1 atom stereocenters. The Morgan fingerprint density at radius 3 is 2.80 bits per heavy atom. The number of hydrogen-bond acceptors (Lipinski definition) is 2. The number of rotatable bonds is 6. The number of hydrogen-bond donors (Lipinski definition) is 2. The van der Waals surface area contributed by atoms with Crippen LogP contribution >= 0.6 is 0 Å². The van der Waals surface area contributed by atoms with Gasteiger partial charge in [0.1, 0.15) is 0 Å². The molecule has 0 bridgehead atoms. The van der Waals surface area contributed by atoms with E-state index in [0.717, 1.165) is 25.6 Å². The van der Waals surface area contributed by atoms with Gasteiger partial charge in [-0.15, -0.1) is 0 Å². The third kappa shape index (κ3) is 3.59. The maximum Gasteiger partial charge on any atom is 0.00796 e. The van der Waals surface area contributed by atoms with Crippen molar-refractivity contribution in [2.45, 2.75) is 31.7 Å². The maximum atomic E-state index is 3.57. The Bertz CT molecular complexity index is 544. The SMILES string of the molecule is c1ccc2cc(CCNCCC3CCCN3)ccc2c1. The molecule has 0 saturated carbocycles. The van der Waals surface area contributed by atoms with Crippen molar-refractivity contribution < 1.29 is 0 Å². The molecule has 2 N–H and O–H groups in total. The van der Waals surface area contributed by atoms with Gasteiger partial charge in [0.2, 0.25) is 0 Å². The Kier molecular flexibility index (Phi) is 4.67. The first-order valence-corrected chi connectivity index (χ1v) is 7.83. The van der Waals surface area contributed by atoms with Gasteiger partial charge in [-0.25, -0.2) is 0 Å². The van der Waals surface area contributed by atoms with Crippen molar-refractivity contribution in [3.8, 4) is 0 Å². The van der Waals surface area contributed by atoms with Crippen molar-refractivity contribution in [1.29, 1.82) is 0 Å². The molecule has 0 aliphatic carbocycles. The van der Waals surface area contributed by atoms with E-state index in [1.54, 1.807) is 0 Å². The molecule has 3 rings (SSSR count). The normalized spacial score (nSPS) is 18.7. The van der Waals surface area contributed by atoms with Crippen LogP contribution in [0.25, 0.3) is 10.8 Å². The lowest BCUT2D eigenvalue weighted by molar-refractivity contribution is 0.525. The third-order valence-corrected chi connectivity index (χ3v) is 4.24. The molecule has 20 heavy (non-hydrogen) atoms. The summed E-state index contributed by atoms with van der Waals surface area (Å²) in [5.74, 6) is 0. The molecule has 1 aliphatic heterocycles. The maximum absolute atomic E-state index is 3.57. The first-order chi connectivity index (χ1) is 9.92. The van der Waals surface area contributed by atoms with Gasteiger partial charge in [-0.1, -0.05) is 42.5 Å². The smallest absolute Gasteiger partial charge is 0.00796 e. The summed E-state index contributed by atoms with van der Waals surface area (Å²) in [6.07, 6.45) is 5.08. The molecule has 2 aromatic rings. The Hall–Kier alpha value is -1.38. The van der Waals surface area contributed by atoms with Crippen LogP contribution in [0.3, 0.4) is 0 Å². The van der Waals surface area contributed by atoms with E-state index in [4.69, 9.17) is 0 Å². The van der Waals surface area contributed by atoms with Gasteiger partial charge >= 0.3 is 0 Å². The Balaban J connectivity index is 1.42. The topological polar surface area (TPSA) is 24.1 Å². The first kappa shape index (κ1) is 13.6. The molecular weight excluding hydrogens is 244 g/mol. The zero-order chi connectivity index (χ0) is 13.6. The lowest BCUT2D eigenvalue weighted by Gasteiger charge is -2.10. The van der Waals surface area contributed by atoms with Crippen LogP contribution in [0, 0.1) is 0 Å². The van der Waals surface area contributed by atoms with Gasteiger partial charge in [-0.3, -0.25) is 0 Å². The van der Waals surface area contributed by atoms with E-state index in [1.807, 2.05) is 0 Å². The highest BCUT2D eigenvalue weighted by Gasteiger charge is 2.12. The van der Waals surface area contributed by atoms with Crippen LogP contribution in [-0.4, -0.2) is 25.7 Å². The summed E-state index contributed by atoms with van der Waals surface area (Å²) in [5, 5.41) is 9.79. The molecule has 1 unspecified atom stereocenters. The zero-order valence-corrected chi connectivity index (χ0v) is 12.1. The molecular formula is C18H24N2. The molecule has 1 heterocycles. The van der Waals surface area contributed by atoms with Crippen LogP contribution < -0.4 is 10.6 Å². The van der Waals surface area contributed by atoms with Gasteiger partial charge in [0.25, 0.3) is 0 Å². The van der Waals surface area contributed by atoms with Gasteiger partial charge in [0, 0.05) is 6.04 Å². The average Bonchev–Trinajstić information content (AvgIpc) is 3.00. The minimum absolute atomic E-state index is 0.753. The third-order valence-electron chi connectivity index (χ3n) is 4.24. The molecule has 0 radical (unpaired) electrons. The monoisotopic (exact) mass is 268 g/mol. The Morgan fingerprint density at radius 2 is 1.95 bits per heavy atom. The van der Waals surface area contributed by atoms with Crippen molar-refractivity contribution in [2.75, 3.05) is 19.6 Å². The summed E-state index contributed by atoms with van der Waals surface area (Å²) in [5.41, 5.74) is 1.43. The summed E-state index contributed by atoms with van der Waals surface area (Å²) in [7, 11) is 0. The number of benzene rings is 2. The first-order valence-electron chi connectivity index (χ1n) is 7.83. The van der Waals surface area contributed by atoms with E-state index < -0.39 is 0 Å². The van der Waals surface area contributed by atoms with E-state index in [9.17, 15) is 0 Å². The molecule has 106 valence electrons. The summed E-state index contributed by atoms with van der Waals surface area (Å²) >= 11 is 0. The van der Waals surface area contributed by atoms with Crippen LogP contribution in [0.15, 0.2) is 42.5 Å². The summed E-state index contributed by atoms with van der Waals surface area (Å²) in [6.45, 7) is 3.41. The van der Waals surface area contributed by atoms with Crippen molar-refractivity contribution in [3.63, 3.8) is 0 Å². The van der Waals surface area contributed by atoms with Crippen LogP contribution in [0.2, 0.25) is 0 Å². The molecule has 0 aromatic heterocycles. The zero-order valence-electron chi connectivity index (χ0n) is 12.1. The fraction of sp³-hybridized carbons (Fsp3) is 0.444. The lowest BCUT2D eigenvalue weighted by Crippen LogP contribution is -2.28. The number of nitrogens with one attached hydrogen (secondary N) is 2. The molecule has 1 aliphatic rings. The predicted octanol–water partition coefficient (Wildman–Crippen LogP) is 3.11. The van der Waals surface area contributed by atoms with Crippen molar-refractivity contribution in [2.24, 2.45) is 0 Å². The predicted molar refractivity (Wildman–Crippen MR) is 86.2 cm³/mol. The van der Waals surface area contributed by atoms with E-state index >= 15 is 0 Å². The summed E-state index contributed by atoms with van der Waals surface area (Å²) in [6, 6.07) is 16.1. The molecule has 2 aromatic carbocycles. The second kappa shape index (κ2) is 6.87. The quantitative estimate of drug-likeness (QED) is 0.787. The molecule has 1 fully saturated rings. The Labute approximate surface area is 121 Å². The van der Waals surface area contributed by atoms with Gasteiger partial charge < -0.3 is 10.6 Å². The standard InChI is InChI=1S/C18H24N2/c1-2-5-17-14-15(7-8-16(17)4-1)9-12-19-13-10-18-6-3-11-20-18/h1-2,4-5,7-8,14,18-20H,3,6,9-13H2. The van der Waals surface area contributed by atoms with Gasteiger partial charge in [-0.2, -0.15) is 0 Å². The van der Waals surface area contributed by atoms with E-state index in [-0.39, 0.29) is 0 Å². The summed E-state index contributed by atoms with van der Waals surface area (Å²) < 4.78 is 0. The van der Waals surface area contributed by atoms with E-state index in [1.165, 1.54) is 42.1 Å².